The van der Waals surface area contributed by atoms with Crippen molar-refractivity contribution in [1.29, 1.82) is 5.26 Å². The van der Waals surface area contributed by atoms with E-state index in [0.29, 0.717) is 11.5 Å². The van der Waals surface area contributed by atoms with Crippen LogP contribution >= 0.6 is 0 Å². The fourth-order valence-corrected chi connectivity index (χ4v) is 2.23. The van der Waals surface area contributed by atoms with Crippen molar-refractivity contribution in [3.05, 3.63) is 42.5 Å². The number of pyridine rings is 1. The maximum absolute atomic E-state index is 8.98. The van der Waals surface area contributed by atoms with Crippen LogP contribution in [0.1, 0.15) is 19.4 Å². The van der Waals surface area contributed by atoms with Gasteiger partial charge in [-0.2, -0.15) is 15.5 Å². The zero-order chi connectivity index (χ0) is 14.1. The molecule has 3 aromatic heterocycles. The molecule has 3 rings (SSSR count). The summed E-state index contributed by atoms with van der Waals surface area (Å²) in [4.78, 5) is 0. The monoisotopic (exact) mass is 265 g/mol. The van der Waals surface area contributed by atoms with Gasteiger partial charge in [-0.1, -0.05) is 19.9 Å². The average Bonchev–Trinajstić information content (AvgIpc) is 3.03. The normalized spacial score (nSPS) is 11.1. The van der Waals surface area contributed by atoms with Gasteiger partial charge in [-0.25, -0.2) is 4.52 Å². The highest BCUT2D eigenvalue weighted by atomic mass is 15.3. The topological polar surface area (TPSA) is 58.9 Å². The van der Waals surface area contributed by atoms with E-state index >= 15 is 0 Å². The molecule has 0 saturated carbocycles. The van der Waals surface area contributed by atoms with Gasteiger partial charge in [0, 0.05) is 30.1 Å². The average molecular weight is 265 g/mol. The van der Waals surface area contributed by atoms with Crippen LogP contribution < -0.4 is 0 Å². The largest absolute Gasteiger partial charge is 0.272 e. The molecule has 0 N–H and O–H groups in total. The molecule has 0 radical (unpaired) electrons. The molecule has 3 aromatic rings. The van der Waals surface area contributed by atoms with Crippen LogP contribution in [-0.2, 0) is 6.54 Å². The Morgan fingerprint density at radius 3 is 2.75 bits per heavy atom. The lowest BCUT2D eigenvalue weighted by Crippen LogP contribution is -2.03. The van der Waals surface area contributed by atoms with E-state index in [1.807, 2.05) is 35.4 Å². The quantitative estimate of drug-likeness (QED) is 0.731. The molecule has 5 heteroatoms. The van der Waals surface area contributed by atoms with Crippen molar-refractivity contribution in [3.63, 3.8) is 0 Å². The van der Waals surface area contributed by atoms with Gasteiger partial charge in [0.1, 0.15) is 6.07 Å². The lowest BCUT2D eigenvalue weighted by Gasteiger charge is -2.03. The Hall–Kier alpha value is -2.61. The summed E-state index contributed by atoms with van der Waals surface area (Å²) in [6, 6.07) is 6.05. The molecule has 0 atom stereocenters. The van der Waals surface area contributed by atoms with Crippen molar-refractivity contribution in [1.82, 2.24) is 19.4 Å². The Morgan fingerprint density at radius 2 is 2.00 bits per heavy atom. The van der Waals surface area contributed by atoms with Gasteiger partial charge in [0.2, 0.25) is 0 Å². The minimum absolute atomic E-state index is 0.564. The molecule has 3 heterocycles. The summed E-state index contributed by atoms with van der Waals surface area (Å²) < 4.78 is 3.68. The Morgan fingerprint density at radius 1 is 1.15 bits per heavy atom. The molecule has 0 aliphatic heterocycles. The van der Waals surface area contributed by atoms with Crippen molar-refractivity contribution in [2.45, 2.75) is 20.4 Å². The van der Waals surface area contributed by atoms with Gasteiger partial charge in [0.15, 0.2) is 0 Å². The number of hydrogen-bond donors (Lipinski definition) is 0. The molecule has 0 spiro atoms. The standard InChI is InChI=1S/C15H15N5/c1-11(2)8-19-9-14(7-17-19)12-3-4-15-13(5-16)6-18-20(15)10-12/h3-4,6-7,9-11H,8H2,1-2H3. The molecule has 0 saturated heterocycles. The Labute approximate surface area is 117 Å². The number of fused-ring (bicyclic) bond motifs is 1. The third kappa shape index (κ3) is 2.16. The van der Waals surface area contributed by atoms with Crippen molar-refractivity contribution >= 4 is 5.52 Å². The lowest BCUT2D eigenvalue weighted by molar-refractivity contribution is 0.483. The highest BCUT2D eigenvalue weighted by Gasteiger charge is 2.07. The van der Waals surface area contributed by atoms with E-state index in [-0.39, 0.29) is 0 Å². The third-order valence-corrected chi connectivity index (χ3v) is 3.16. The van der Waals surface area contributed by atoms with Crippen LogP contribution in [0.25, 0.3) is 16.6 Å². The number of rotatable bonds is 3. The Balaban J connectivity index is 1.98. The molecule has 5 nitrogen and oxygen atoms in total. The minimum atomic E-state index is 0.564. The predicted molar refractivity (Wildman–Crippen MR) is 76.0 cm³/mol. The second-order valence-corrected chi connectivity index (χ2v) is 5.26. The van der Waals surface area contributed by atoms with Crippen LogP contribution in [0.4, 0.5) is 0 Å². The third-order valence-electron chi connectivity index (χ3n) is 3.16. The van der Waals surface area contributed by atoms with E-state index < -0.39 is 0 Å². The Kier molecular flexibility index (Phi) is 2.99. The summed E-state index contributed by atoms with van der Waals surface area (Å²) in [5.41, 5.74) is 3.51. The van der Waals surface area contributed by atoms with Crippen LogP contribution in [0.3, 0.4) is 0 Å². The summed E-state index contributed by atoms with van der Waals surface area (Å²) in [6.07, 6.45) is 7.41. The zero-order valence-corrected chi connectivity index (χ0v) is 11.5. The maximum atomic E-state index is 8.98. The second-order valence-electron chi connectivity index (χ2n) is 5.26. The van der Waals surface area contributed by atoms with Crippen LogP contribution in [0.5, 0.6) is 0 Å². The molecule has 20 heavy (non-hydrogen) atoms. The number of aromatic nitrogens is 4. The van der Waals surface area contributed by atoms with E-state index in [1.165, 1.54) is 0 Å². The van der Waals surface area contributed by atoms with E-state index in [2.05, 4.69) is 30.1 Å². The molecular weight excluding hydrogens is 250 g/mol. The number of hydrogen-bond acceptors (Lipinski definition) is 3. The molecule has 0 aromatic carbocycles. The smallest absolute Gasteiger partial charge is 0.103 e. The molecule has 100 valence electrons. The SMILES string of the molecule is CC(C)Cn1cc(-c2ccc3c(C#N)cnn3c2)cn1. The fraction of sp³-hybridized carbons (Fsp3) is 0.267. The van der Waals surface area contributed by atoms with Gasteiger partial charge in [-0.05, 0) is 12.0 Å². The van der Waals surface area contributed by atoms with Crippen molar-refractivity contribution in [2.24, 2.45) is 5.92 Å². The van der Waals surface area contributed by atoms with E-state index in [9.17, 15) is 0 Å². The first kappa shape index (κ1) is 12.4. The first-order valence-corrected chi connectivity index (χ1v) is 6.57. The molecule has 0 unspecified atom stereocenters. The number of nitriles is 1. The summed E-state index contributed by atoms with van der Waals surface area (Å²) in [7, 11) is 0. The van der Waals surface area contributed by atoms with Gasteiger partial charge in [-0.3, -0.25) is 4.68 Å². The van der Waals surface area contributed by atoms with Crippen molar-refractivity contribution < 1.29 is 0 Å². The Bertz CT molecular complexity index is 788. The molecule has 0 bridgehead atoms. The molecule has 0 amide bonds. The molecule has 0 aliphatic carbocycles. The summed E-state index contributed by atoms with van der Waals surface area (Å²) in [5.74, 6) is 0.564. The fourth-order valence-electron chi connectivity index (χ4n) is 2.23. The minimum Gasteiger partial charge on any atom is -0.272 e. The highest BCUT2D eigenvalue weighted by molar-refractivity contribution is 5.67. The maximum Gasteiger partial charge on any atom is 0.103 e. The van der Waals surface area contributed by atoms with Crippen molar-refractivity contribution in [3.8, 4) is 17.2 Å². The summed E-state index contributed by atoms with van der Waals surface area (Å²) in [5, 5.41) is 17.5. The van der Waals surface area contributed by atoms with Gasteiger partial charge >= 0.3 is 0 Å². The van der Waals surface area contributed by atoms with Crippen LogP contribution in [0.2, 0.25) is 0 Å². The zero-order valence-electron chi connectivity index (χ0n) is 11.5. The molecule has 0 fully saturated rings. The summed E-state index contributed by atoms with van der Waals surface area (Å²) in [6.45, 7) is 5.24. The van der Waals surface area contributed by atoms with E-state index in [0.717, 1.165) is 23.2 Å². The molecule has 0 aliphatic rings. The van der Waals surface area contributed by atoms with Crippen LogP contribution in [0.15, 0.2) is 36.9 Å². The highest BCUT2D eigenvalue weighted by Crippen LogP contribution is 2.20. The van der Waals surface area contributed by atoms with Crippen LogP contribution in [-0.4, -0.2) is 19.4 Å². The lowest BCUT2D eigenvalue weighted by atomic mass is 10.1. The van der Waals surface area contributed by atoms with Crippen molar-refractivity contribution in [2.75, 3.05) is 0 Å². The first-order valence-electron chi connectivity index (χ1n) is 6.57. The van der Waals surface area contributed by atoms with Gasteiger partial charge < -0.3 is 0 Å². The van der Waals surface area contributed by atoms with Gasteiger partial charge in [0.25, 0.3) is 0 Å². The predicted octanol–water partition coefficient (Wildman–Crippen LogP) is 2.73. The number of nitrogens with zero attached hydrogens (tertiary/aromatic N) is 5. The first-order chi connectivity index (χ1) is 9.67. The second kappa shape index (κ2) is 4.82. The van der Waals surface area contributed by atoms with E-state index in [4.69, 9.17) is 5.26 Å². The van der Waals surface area contributed by atoms with Gasteiger partial charge in [-0.15, -0.1) is 0 Å². The van der Waals surface area contributed by atoms with E-state index in [1.54, 1.807) is 10.7 Å². The van der Waals surface area contributed by atoms with Gasteiger partial charge in [0.05, 0.1) is 23.5 Å². The van der Waals surface area contributed by atoms with Crippen LogP contribution in [0, 0.1) is 17.2 Å². The summed E-state index contributed by atoms with van der Waals surface area (Å²) >= 11 is 0. The molecular formula is C15H15N5.